The number of nitrogens with zero attached hydrogens (tertiary/aromatic N) is 3. The molecule has 7 heteroatoms. The quantitative estimate of drug-likeness (QED) is 0.762. The van der Waals surface area contributed by atoms with Gasteiger partial charge in [-0.15, -0.1) is 0 Å². The summed E-state index contributed by atoms with van der Waals surface area (Å²) in [6.45, 7) is 0.367. The van der Waals surface area contributed by atoms with Crippen LogP contribution >= 0.6 is 11.3 Å². The van der Waals surface area contributed by atoms with Crippen LogP contribution in [-0.4, -0.2) is 22.7 Å². The van der Waals surface area contributed by atoms with Crippen molar-refractivity contribution in [1.29, 1.82) is 5.26 Å². The Hall–Kier alpha value is -2.59. The van der Waals surface area contributed by atoms with Crippen molar-refractivity contribution in [2.45, 2.75) is 24.4 Å². The Morgan fingerprint density at radius 1 is 1.36 bits per heavy atom. The fourth-order valence-electron chi connectivity index (χ4n) is 3.30. The van der Waals surface area contributed by atoms with Crippen LogP contribution in [0.25, 0.3) is 10.2 Å². The van der Waals surface area contributed by atoms with E-state index in [2.05, 4.69) is 21.4 Å². The molecule has 0 aliphatic heterocycles. The minimum absolute atomic E-state index is 0.247. The van der Waals surface area contributed by atoms with Gasteiger partial charge in [-0.3, -0.25) is 4.98 Å². The molecular weight excluding hydrogens is 342 g/mol. The molecule has 0 unspecified atom stereocenters. The predicted octanol–water partition coefficient (Wildman–Crippen LogP) is 4.18. The van der Waals surface area contributed by atoms with Crippen molar-refractivity contribution >= 4 is 26.7 Å². The predicted molar refractivity (Wildman–Crippen MR) is 92.8 cm³/mol. The largest absolute Gasteiger partial charge is 0.361 e. The Morgan fingerprint density at radius 3 is 2.92 bits per heavy atom. The summed E-state index contributed by atoms with van der Waals surface area (Å²) in [5.74, 6) is -0.404. The lowest BCUT2D eigenvalue weighted by Gasteiger charge is -2.43. The topological polar surface area (TPSA) is 61.6 Å². The molecule has 4 rings (SSSR count). The number of fused-ring (bicyclic) bond motifs is 1. The van der Waals surface area contributed by atoms with Crippen molar-refractivity contribution in [3.05, 3.63) is 53.6 Å². The van der Waals surface area contributed by atoms with Crippen LogP contribution in [-0.2, 0) is 5.41 Å². The summed E-state index contributed by atoms with van der Waals surface area (Å²) in [5.41, 5.74) is 0.946. The van der Waals surface area contributed by atoms with Crippen LogP contribution in [0.4, 0.5) is 13.9 Å². The van der Waals surface area contributed by atoms with Gasteiger partial charge in [0, 0.05) is 18.2 Å². The van der Waals surface area contributed by atoms with E-state index in [1.807, 2.05) is 6.07 Å². The lowest BCUT2D eigenvalue weighted by atomic mass is 9.65. The van der Waals surface area contributed by atoms with E-state index in [-0.39, 0.29) is 12.8 Å². The SMILES string of the molecule is N#Cc1ccc2sc(NC[C@]3(c4ncccc4F)C[C@H](F)C3)nc2c1. The first-order valence-corrected chi connectivity index (χ1v) is 8.71. The van der Waals surface area contributed by atoms with E-state index in [9.17, 15) is 8.78 Å². The molecule has 0 amide bonds. The van der Waals surface area contributed by atoms with Gasteiger partial charge in [-0.05, 0) is 43.2 Å². The van der Waals surface area contributed by atoms with Crippen molar-refractivity contribution in [1.82, 2.24) is 9.97 Å². The number of thiazole rings is 1. The number of pyridine rings is 1. The van der Waals surface area contributed by atoms with Crippen molar-refractivity contribution in [3.8, 4) is 6.07 Å². The Kier molecular flexibility index (Phi) is 3.85. The zero-order chi connectivity index (χ0) is 17.4. The number of anilines is 1. The van der Waals surface area contributed by atoms with Crippen LogP contribution in [0.3, 0.4) is 0 Å². The van der Waals surface area contributed by atoms with Crippen LogP contribution in [0.1, 0.15) is 24.1 Å². The molecule has 0 atom stereocenters. The molecule has 0 saturated heterocycles. The lowest BCUT2D eigenvalue weighted by molar-refractivity contribution is 0.0965. The molecule has 25 heavy (non-hydrogen) atoms. The maximum Gasteiger partial charge on any atom is 0.183 e. The molecule has 0 bridgehead atoms. The summed E-state index contributed by atoms with van der Waals surface area (Å²) >= 11 is 1.45. The maximum atomic E-state index is 14.2. The highest BCUT2D eigenvalue weighted by atomic mass is 32.1. The molecular formula is C18H14F2N4S. The summed E-state index contributed by atoms with van der Waals surface area (Å²) in [6, 6.07) is 10.3. The summed E-state index contributed by atoms with van der Waals surface area (Å²) < 4.78 is 28.7. The highest BCUT2D eigenvalue weighted by Crippen LogP contribution is 2.45. The first-order valence-electron chi connectivity index (χ1n) is 7.89. The zero-order valence-electron chi connectivity index (χ0n) is 13.2. The number of rotatable bonds is 4. The standard InChI is InChI=1S/C18H14F2N4S/c19-12-7-18(8-12,16-13(20)2-1-5-22-16)10-23-17-24-14-6-11(9-21)3-4-15(14)25-17/h1-6,12H,7-8,10H2,(H,23,24)/t12-,18-. The highest BCUT2D eigenvalue weighted by molar-refractivity contribution is 7.22. The maximum absolute atomic E-state index is 14.2. The van der Waals surface area contributed by atoms with E-state index in [0.717, 1.165) is 10.2 Å². The number of alkyl halides is 1. The number of hydrogen-bond acceptors (Lipinski definition) is 5. The normalized spacial score (nSPS) is 22.4. The van der Waals surface area contributed by atoms with Crippen molar-refractivity contribution in [3.63, 3.8) is 0 Å². The zero-order valence-corrected chi connectivity index (χ0v) is 14.0. The number of aromatic nitrogens is 2. The van der Waals surface area contributed by atoms with Gasteiger partial charge < -0.3 is 5.32 Å². The summed E-state index contributed by atoms with van der Waals surface area (Å²) in [5, 5.41) is 12.8. The van der Waals surface area contributed by atoms with E-state index >= 15 is 0 Å². The second-order valence-electron chi connectivity index (χ2n) is 6.29. The Balaban J connectivity index is 1.58. The molecule has 1 aliphatic rings. The van der Waals surface area contributed by atoms with Crippen LogP contribution in [0, 0.1) is 17.1 Å². The fourth-order valence-corrected chi connectivity index (χ4v) is 4.14. The second-order valence-corrected chi connectivity index (χ2v) is 7.32. The minimum Gasteiger partial charge on any atom is -0.361 e. The van der Waals surface area contributed by atoms with Crippen LogP contribution in [0.15, 0.2) is 36.5 Å². The number of nitriles is 1. The Morgan fingerprint density at radius 2 is 2.20 bits per heavy atom. The molecule has 1 aromatic carbocycles. The molecule has 1 fully saturated rings. The van der Waals surface area contributed by atoms with Gasteiger partial charge in [0.15, 0.2) is 5.13 Å². The first-order chi connectivity index (χ1) is 12.1. The van der Waals surface area contributed by atoms with Gasteiger partial charge >= 0.3 is 0 Å². The van der Waals surface area contributed by atoms with Crippen molar-refractivity contribution in [2.75, 3.05) is 11.9 Å². The van der Waals surface area contributed by atoms with Gasteiger partial charge in [0.1, 0.15) is 12.0 Å². The fraction of sp³-hybridized carbons (Fsp3) is 0.278. The van der Waals surface area contributed by atoms with Gasteiger partial charge in [-0.2, -0.15) is 5.26 Å². The van der Waals surface area contributed by atoms with E-state index < -0.39 is 17.4 Å². The van der Waals surface area contributed by atoms with E-state index in [1.54, 1.807) is 12.1 Å². The third kappa shape index (κ3) is 2.83. The number of halogens is 2. The third-order valence-electron chi connectivity index (χ3n) is 4.58. The summed E-state index contributed by atoms with van der Waals surface area (Å²) in [7, 11) is 0. The van der Waals surface area contributed by atoms with E-state index in [4.69, 9.17) is 5.26 Å². The van der Waals surface area contributed by atoms with Gasteiger partial charge in [0.2, 0.25) is 0 Å². The lowest BCUT2D eigenvalue weighted by Crippen LogP contribution is -2.48. The molecule has 2 aromatic heterocycles. The molecule has 126 valence electrons. The highest BCUT2D eigenvalue weighted by Gasteiger charge is 2.48. The van der Waals surface area contributed by atoms with Crippen LogP contribution in [0.5, 0.6) is 0 Å². The number of benzene rings is 1. The number of hydrogen-bond donors (Lipinski definition) is 1. The molecule has 0 radical (unpaired) electrons. The van der Waals surface area contributed by atoms with E-state index in [1.165, 1.54) is 29.7 Å². The molecule has 3 aromatic rings. The molecule has 1 aliphatic carbocycles. The molecule has 4 nitrogen and oxygen atoms in total. The first kappa shape index (κ1) is 15.9. The third-order valence-corrected chi connectivity index (χ3v) is 5.57. The van der Waals surface area contributed by atoms with E-state index in [0.29, 0.717) is 22.9 Å². The smallest absolute Gasteiger partial charge is 0.183 e. The van der Waals surface area contributed by atoms with Crippen LogP contribution in [0.2, 0.25) is 0 Å². The molecule has 1 N–H and O–H groups in total. The monoisotopic (exact) mass is 356 g/mol. The summed E-state index contributed by atoms with van der Waals surface area (Å²) in [4.78, 5) is 8.62. The van der Waals surface area contributed by atoms with Gasteiger partial charge in [0.05, 0.1) is 27.5 Å². The van der Waals surface area contributed by atoms with Gasteiger partial charge in [-0.25, -0.2) is 13.8 Å². The molecule has 1 saturated carbocycles. The van der Waals surface area contributed by atoms with Crippen molar-refractivity contribution < 1.29 is 8.78 Å². The minimum atomic E-state index is -0.934. The number of nitrogens with one attached hydrogen (secondary N) is 1. The van der Waals surface area contributed by atoms with Gasteiger partial charge in [-0.1, -0.05) is 11.3 Å². The summed E-state index contributed by atoms with van der Waals surface area (Å²) in [6.07, 6.45) is 1.10. The van der Waals surface area contributed by atoms with Crippen LogP contribution < -0.4 is 5.32 Å². The molecule has 2 heterocycles. The Labute approximate surface area is 147 Å². The average molecular weight is 356 g/mol. The van der Waals surface area contributed by atoms with Gasteiger partial charge in [0.25, 0.3) is 0 Å². The second kappa shape index (κ2) is 6.05. The van der Waals surface area contributed by atoms with Crippen molar-refractivity contribution in [2.24, 2.45) is 0 Å². The Bertz CT molecular complexity index is 973. The molecule has 0 spiro atoms. The average Bonchev–Trinajstić information content (AvgIpc) is 3.00.